The van der Waals surface area contributed by atoms with Crippen LogP contribution >= 0.6 is 0 Å². The molecule has 0 radical (unpaired) electrons. The van der Waals surface area contributed by atoms with Crippen molar-refractivity contribution in [2.24, 2.45) is 0 Å². The molecule has 29 heavy (non-hydrogen) atoms. The average Bonchev–Trinajstić information content (AvgIpc) is 3.30. The van der Waals surface area contributed by atoms with Gasteiger partial charge in [0, 0.05) is 19.5 Å². The number of amides is 2. The van der Waals surface area contributed by atoms with E-state index in [1.165, 1.54) is 6.26 Å². The number of para-hydroxylation sites is 1. The second-order valence-electron chi connectivity index (χ2n) is 6.54. The minimum absolute atomic E-state index is 0.0526. The van der Waals surface area contributed by atoms with E-state index in [1.807, 2.05) is 54.6 Å². The van der Waals surface area contributed by atoms with Crippen molar-refractivity contribution in [1.29, 1.82) is 0 Å². The third-order valence-electron chi connectivity index (χ3n) is 4.24. The first kappa shape index (κ1) is 20.2. The number of hydrogen-bond acceptors (Lipinski definition) is 4. The fraction of sp³-hybridized carbons (Fsp3) is 0.217. The van der Waals surface area contributed by atoms with Crippen LogP contribution in [-0.2, 0) is 17.9 Å². The second-order valence-corrected chi connectivity index (χ2v) is 6.54. The highest BCUT2D eigenvalue weighted by Crippen LogP contribution is 2.12. The number of ether oxygens (including phenoxy) is 1. The highest BCUT2D eigenvalue weighted by Gasteiger charge is 2.08. The maximum atomic E-state index is 12.0. The molecule has 0 unspecified atom stereocenters. The van der Waals surface area contributed by atoms with E-state index in [0.29, 0.717) is 32.5 Å². The molecular weight excluding hydrogens is 368 g/mol. The van der Waals surface area contributed by atoms with Gasteiger partial charge in [0.1, 0.15) is 12.4 Å². The molecule has 0 fully saturated rings. The fourth-order valence-corrected chi connectivity index (χ4v) is 2.75. The smallest absolute Gasteiger partial charge is 0.286 e. The second kappa shape index (κ2) is 10.7. The summed E-state index contributed by atoms with van der Waals surface area (Å²) in [6, 6.07) is 20.8. The normalized spacial score (nSPS) is 10.3. The molecule has 0 saturated heterocycles. The van der Waals surface area contributed by atoms with Gasteiger partial charge >= 0.3 is 0 Å². The zero-order chi connectivity index (χ0) is 20.3. The van der Waals surface area contributed by atoms with Crippen molar-refractivity contribution in [3.8, 4) is 5.75 Å². The predicted molar refractivity (Wildman–Crippen MR) is 109 cm³/mol. The number of hydrogen-bond donors (Lipinski definition) is 2. The molecule has 2 aromatic carbocycles. The minimum Gasteiger partial charge on any atom is -0.489 e. The first-order chi connectivity index (χ1) is 14.2. The van der Waals surface area contributed by atoms with Crippen LogP contribution in [0.5, 0.6) is 5.75 Å². The summed E-state index contributed by atoms with van der Waals surface area (Å²) in [5.41, 5.74) is 2.06. The lowest BCUT2D eigenvalue weighted by Gasteiger charge is -2.09. The van der Waals surface area contributed by atoms with E-state index in [9.17, 15) is 9.59 Å². The molecule has 1 heterocycles. The third-order valence-corrected chi connectivity index (χ3v) is 4.24. The predicted octanol–water partition coefficient (Wildman–Crippen LogP) is 3.69. The SMILES string of the molecule is O=C(CCCNC(=O)c1ccco1)NCc1cccc(COc2ccccc2)c1. The molecule has 3 aromatic rings. The Kier molecular flexibility index (Phi) is 7.46. The Morgan fingerprint density at radius 3 is 2.52 bits per heavy atom. The van der Waals surface area contributed by atoms with Crippen molar-refractivity contribution < 1.29 is 18.7 Å². The molecule has 0 spiro atoms. The van der Waals surface area contributed by atoms with Crippen molar-refractivity contribution >= 4 is 11.8 Å². The van der Waals surface area contributed by atoms with Gasteiger partial charge in [-0.3, -0.25) is 9.59 Å². The van der Waals surface area contributed by atoms with Gasteiger partial charge in [0.15, 0.2) is 5.76 Å². The van der Waals surface area contributed by atoms with Gasteiger partial charge in [-0.1, -0.05) is 42.5 Å². The first-order valence-corrected chi connectivity index (χ1v) is 9.55. The van der Waals surface area contributed by atoms with Crippen LogP contribution in [0.15, 0.2) is 77.4 Å². The van der Waals surface area contributed by atoms with Crippen LogP contribution in [-0.4, -0.2) is 18.4 Å². The topological polar surface area (TPSA) is 80.6 Å². The number of benzene rings is 2. The van der Waals surface area contributed by atoms with Gasteiger partial charge in [-0.15, -0.1) is 0 Å². The molecule has 0 atom stereocenters. The molecule has 0 saturated carbocycles. The Labute approximate surface area is 169 Å². The van der Waals surface area contributed by atoms with E-state index in [2.05, 4.69) is 10.6 Å². The number of carbonyl (C=O) groups excluding carboxylic acids is 2. The summed E-state index contributed by atoms with van der Waals surface area (Å²) in [6.45, 7) is 1.34. The van der Waals surface area contributed by atoms with Gasteiger partial charge < -0.3 is 19.8 Å². The minimum atomic E-state index is -0.273. The fourth-order valence-electron chi connectivity index (χ4n) is 2.75. The molecule has 2 amide bonds. The summed E-state index contributed by atoms with van der Waals surface area (Å²) < 4.78 is 10.8. The molecule has 0 aliphatic rings. The molecule has 0 aliphatic carbocycles. The third kappa shape index (κ3) is 6.84. The molecule has 2 N–H and O–H groups in total. The van der Waals surface area contributed by atoms with Crippen LogP contribution in [0, 0.1) is 0 Å². The van der Waals surface area contributed by atoms with Gasteiger partial charge in [-0.25, -0.2) is 0 Å². The number of rotatable bonds is 10. The van der Waals surface area contributed by atoms with Gasteiger partial charge in [0.25, 0.3) is 5.91 Å². The van der Waals surface area contributed by atoms with Gasteiger partial charge in [-0.05, 0) is 41.8 Å². The van der Waals surface area contributed by atoms with E-state index in [-0.39, 0.29) is 17.6 Å². The van der Waals surface area contributed by atoms with E-state index < -0.39 is 0 Å². The van der Waals surface area contributed by atoms with Crippen LogP contribution in [0.25, 0.3) is 0 Å². The number of furan rings is 1. The van der Waals surface area contributed by atoms with Crippen molar-refractivity contribution in [3.63, 3.8) is 0 Å². The first-order valence-electron chi connectivity index (χ1n) is 9.55. The van der Waals surface area contributed by atoms with Crippen molar-refractivity contribution in [3.05, 3.63) is 89.9 Å². The van der Waals surface area contributed by atoms with Crippen molar-refractivity contribution in [2.45, 2.75) is 26.0 Å². The summed E-state index contributed by atoms with van der Waals surface area (Å²) in [5.74, 6) is 0.768. The summed E-state index contributed by atoms with van der Waals surface area (Å²) >= 11 is 0. The Morgan fingerprint density at radius 1 is 0.897 bits per heavy atom. The monoisotopic (exact) mass is 392 g/mol. The Bertz CT molecular complexity index is 908. The lowest BCUT2D eigenvalue weighted by Crippen LogP contribution is -2.27. The van der Waals surface area contributed by atoms with Crippen LogP contribution in [0.1, 0.15) is 34.5 Å². The van der Waals surface area contributed by atoms with Crippen molar-refractivity contribution in [2.75, 3.05) is 6.54 Å². The average molecular weight is 392 g/mol. The van der Waals surface area contributed by atoms with Crippen molar-refractivity contribution in [1.82, 2.24) is 10.6 Å². The molecule has 6 nitrogen and oxygen atoms in total. The van der Waals surface area contributed by atoms with E-state index >= 15 is 0 Å². The lowest BCUT2D eigenvalue weighted by molar-refractivity contribution is -0.121. The van der Waals surface area contributed by atoms with E-state index in [1.54, 1.807) is 12.1 Å². The van der Waals surface area contributed by atoms with Crippen LogP contribution < -0.4 is 15.4 Å². The molecule has 0 aliphatic heterocycles. The molecular formula is C23H24N2O4. The molecule has 150 valence electrons. The Morgan fingerprint density at radius 2 is 1.72 bits per heavy atom. The summed E-state index contributed by atoms with van der Waals surface area (Å²) in [5, 5.41) is 5.63. The maximum Gasteiger partial charge on any atom is 0.286 e. The molecule has 1 aromatic heterocycles. The lowest BCUT2D eigenvalue weighted by atomic mass is 10.1. The number of nitrogens with one attached hydrogen (secondary N) is 2. The highest BCUT2D eigenvalue weighted by atomic mass is 16.5. The van der Waals surface area contributed by atoms with Crippen LogP contribution in [0.3, 0.4) is 0 Å². The van der Waals surface area contributed by atoms with E-state index in [0.717, 1.165) is 16.9 Å². The highest BCUT2D eigenvalue weighted by molar-refractivity contribution is 5.91. The number of carbonyl (C=O) groups is 2. The summed E-state index contributed by atoms with van der Waals surface area (Å²) in [6.07, 6.45) is 2.35. The quantitative estimate of drug-likeness (QED) is 0.516. The zero-order valence-corrected chi connectivity index (χ0v) is 16.1. The standard InChI is InChI=1S/C23H24N2O4/c26-22(12-5-13-24-23(27)21-11-6-14-28-21)25-16-18-7-4-8-19(15-18)17-29-20-9-2-1-3-10-20/h1-4,6-11,14-15H,5,12-13,16-17H2,(H,24,27)(H,25,26). The molecule has 0 bridgehead atoms. The van der Waals surface area contributed by atoms with Crippen LogP contribution in [0.2, 0.25) is 0 Å². The summed E-state index contributed by atoms with van der Waals surface area (Å²) in [4.78, 5) is 23.7. The summed E-state index contributed by atoms with van der Waals surface area (Å²) in [7, 11) is 0. The van der Waals surface area contributed by atoms with Gasteiger partial charge in [-0.2, -0.15) is 0 Å². The Balaban J connectivity index is 1.35. The van der Waals surface area contributed by atoms with Gasteiger partial charge in [0.05, 0.1) is 6.26 Å². The molecule has 3 rings (SSSR count). The van der Waals surface area contributed by atoms with E-state index in [4.69, 9.17) is 9.15 Å². The molecule has 6 heteroatoms. The van der Waals surface area contributed by atoms with Gasteiger partial charge in [0.2, 0.25) is 5.91 Å². The van der Waals surface area contributed by atoms with Crippen LogP contribution in [0.4, 0.5) is 0 Å². The zero-order valence-electron chi connectivity index (χ0n) is 16.1. The Hall–Kier alpha value is -3.54. The maximum absolute atomic E-state index is 12.0. The largest absolute Gasteiger partial charge is 0.489 e.